The molecule has 122 valence electrons. The van der Waals surface area contributed by atoms with E-state index in [1.165, 1.54) is 0 Å². The topological polar surface area (TPSA) is 46.5 Å². The van der Waals surface area contributed by atoms with Crippen molar-refractivity contribution < 1.29 is 41.0 Å². The van der Waals surface area contributed by atoms with Crippen LogP contribution in [-0.2, 0) is 21.9 Å². The number of carbonyl (C=O) groups is 1. The van der Waals surface area contributed by atoms with Gasteiger partial charge < -0.3 is 9.84 Å². The molecule has 0 radical (unpaired) electrons. The predicted molar refractivity (Wildman–Crippen MR) is 62.6 cm³/mol. The Hall–Kier alpha value is -2.03. The molecule has 0 aromatic heterocycles. The normalized spacial score (nSPS) is 13.6. The van der Waals surface area contributed by atoms with Gasteiger partial charge in [-0.1, -0.05) is 6.58 Å². The lowest BCUT2D eigenvalue weighted by molar-refractivity contribution is -0.143. The van der Waals surface area contributed by atoms with E-state index < -0.39 is 46.7 Å². The van der Waals surface area contributed by atoms with Crippen LogP contribution in [0.2, 0.25) is 0 Å². The average molecular weight is 328 g/mol. The molecule has 1 rings (SSSR count). The van der Waals surface area contributed by atoms with Crippen molar-refractivity contribution in [3.8, 4) is 0 Å². The molecule has 22 heavy (non-hydrogen) atoms. The van der Waals surface area contributed by atoms with E-state index in [-0.39, 0.29) is 6.07 Å². The number of halogens is 6. The van der Waals surface area contributed by atoms with E-state index >= 15 is 0 Å². The molecule has 1 atom stereocenters. The van der Waals surface area contributed by atoms with Gasteiger partial charge in [-0.05, 0) is 23.8 Å². The Bertz CT molecular complexity index is 556. The number of benzene rings is 1. The van der Waals surface area contributed by atoms with E-state index in [9.17, 15) is 36.2 Å². The van der Waals surface area contributed by atoms with Crippen LogP contribution in [0, 0.1) is 0 Å². The van der Waals surface area contributed by atoms with Crippen LogP contribution in [0.25, 0.3) is 0 Å². The fourth-order valence-corrected chi connectivity index (χ4v) is 1.58. The molecule has 1 N–H and O–H groups in total. The molecule has 0 aliphatic heterocycles. The quantitative estimate of drug-likeness (QED) is 0.525. The summed E-state index contributed by atoms with van der Waals surface area (Å²) < 4.78 is 80.2. The lowest BCUT2D eigenvalue weighted by Gasteiger charge is -2.17. The van der Waals surface area contributed by atoms with Gasteiger partial charge in [0.1, 0.15) is 6.10 Å². The Balaban J connectivity index is 3.42. The number of aliphatic hydroxyl groups is 1. The molecule has 0 bridgehead atoms. The minimum Gasteiger partial charge on any atom is -0.466 e. The first kappa shape index (κ1) is 18.0. The van der Waals surface area contributed by atoms with Crippen LogP contribution in [0.1, 0.15) is 22.8 Å². The van der Waals surface area contributed by atoms with Crippen molar-refractivity contribution in [3.05, 3.63) is 47.0 Å². The standard InChI is InChI=1S/C13H10F6O3/c1-6(11(21)22-2)10(20)7-3-8(12(14,15)16)5-9(4-7)13(17,18)19/h3-5,10,20H,1H2,2H3/t10-/m0/s1. The molecular formula is C13H10F6O3. The molecule has 0 saturated carbocycles. The van der Waals surface area contributed by atoms with Crippen molar-refractivity contribution in [2.75, 3.05) is 7.11 Å². The summed E-state index contributed by atoms with van der Waals surface area (Å²) in [5, 5.41) is 9.74. The summed E-state index contributed by atoms with van der Waals surface area (Å²) in [6.45, 7) is 3.10. The minimum atomic E-state index is -5.05. The number of aliphatic hydroxyl groups excluding tert-OH is 1. The zero-order valence-corrected chi connectivity index (χ0v) is 11.0. The van der Waals surface area contributed by atoms with E-state index in [0.29, 0.717) is 12.1 Å². The van der Waals surface area contributed by atoms with Gasteiger partial charge in [-0.25, -0.2) is 4.79 Å². The molecule has 0 heterocycles. The highest BCUT2D eigenvalue weighted by Gasteiger charge is 2.37. The summed E-state index contributed by atoms with van der Waals surface area (Å²) in [5.74, 6) is -1.15. The molecule has 0 saturated heterocycles. The maximum absolute atomic E-state index is 12.7. The van der Waals surface area contributed by atoms with Gasteiger partial charge in [-0.15, -0.1) is 0 Å². The van der Waals surface area contributed by atoms with E-state index in [2.05, 4.69) is 11.3 Å². The number of alkyl halides is 6. The Kier molecular flexibility index (Phi) is 4.91. The summed E-state index contributed by atoms with van der Waals surface area (Å²) in [4.78, 5) is 11.2. The zero-order chi connectivity index (χ0) is 17.3. The SMILES string of the molecule is C=C(C(=O)OC)[C@H](O)c1cc(C(F)(F)F)cc(C(F)(F)F)c1. The van der Waals surface area contributed by atoms with E-state index in [0.717, 1.165) is 7.11 Å². The summed E-state index contributed by atoms with van der Waals surface area (Å²) in [5.41, 5.74) is -4.66. The zero-order valence-electron chi connectivity index (χ0n) is 11.0. The Morgan fingerprint density at radius 2 is 1.50 bits per heavy atom. The van der Waals surface area contributed by atoms with Crippen LogP contribution in [0.4, 0.5) is 26.3 Å². The van der Waals surface area contributed by atoms with Gasteiger partial charge in [0.05, 0.1) is 23.8 Å². The Morgan fingerprint density at radius 3 is 1.82 bits per heavy atom. The molecule has 0 spiro atoms. The highest BCUT2D eigenvalue weighted by molar-refractivity contribution is 5.89. The third-order valence-electron chi connectivity index (χ3n) is 2.70. The first-order chi connectivity index (χ1) is 9.87. The van der Waals surface area contributed by atoms with Gasteiger partial charge in [0, 0.05) is 0 Å². The summed E-state index contributed by atoms with van der Waals surface area (Å²) in [6.07, 6.45) is -12.2. The average Bonchev–Trinajstić information content (AvgIpc) is 2.42. The summed E-state index contributed by atoms with van der Waals surface area (Å²) in [6, 6.07) is 0.541. The van der Waals surface area contributed by atoms with Crippen molar-refractivity contribution >= 4 is 5.97 Å². The van der Waals surface area contributed by atoms with Crippen molar-refractivity contribution in [2.24, 2.45) is 0 Å². The third-order valence-corrected chi connectivity index (χ3v) is 2.70. The van der Waals surface area contributed by atoms with E-state index in [4.69, 9.17) is 0 Å². The lowest BCUT2D eigenvalue weighted by Crippen LogP contribution is -2.16. The maximum Gasteiger partial charge on any atom is 0.416 e. The molecule has 0 aliphatic rings. The van der Waals surface area contributed by atoms with Crippen LogP contribution in [0.15, 0.2) is 30.4 Å². The number of esters is 1. The first-order valence-electron chi connectivity index (χ1n) is 5.62. The monoisotopic (exact) mass is 328 g/mol. The van der Waals surface area contributed by atoms with Gasteiger partial charge in [0.2, 0.25) is 0 Å². The minimum absolute atomic E-state index is 0.0862. The Labute approximate surface area is 120 Å². The van der Waals surface area contributed by atoms with Crippen molar-refractivity contribution in [1.29, 1.82) is 0 Å². The predicted octanol–water partition coefficient (Wildman–Crippen LogP) is 3.49. The number of carbonyl (C=O) groups excluding carboxylic acids is 1. The van der Waals surface area contributed by atoms with Crippen molar-refractivity contribution in [2.45, 2.75) is 18.5 Å². The molecular weight excluding hydrogens is 318 g/mol. The molecule has 1 aromatic carbocycles. The summed E-state index contributed by atoms with van der Waals surface area (Å²) in [7, 11) is 0.924. The second kappa shape index (κ2) is 5.99. The third kappa shape index (κ3) is 4.00. The van der Waals surface area contributed by atoms with Crippen LogP contribution < -0.4 is 0 Å². The smallest absolute Gasteiger partial charge is 0.416 e. The molecule has 0 fully saturated rings. The van der Waals surface area contributed by atoms with Crippen molar-refractivity contribution in [3.63, 3.8) is 0 Å². The van der Waals surface area contributed by atoms with Crippen LogP contribution in [0.5, 0.6) is 0 Å². The van der Waals surface area contributed by atoms with Gasteiger partial charge >= 0.3 is 18.3 Å². The molecule has 0 unspecified atom stereocenters. The first-order valence-corrected chi connectivity index (χ1v) is 5.62. The number of ether oxygens (including phenoxy) is 1. The number of hydrogen-bond acceptors (Lipinski definition) is 3. The highest BCUT2D eigenvalue weighted by atomic mass is 19.4. The maximum atomic E-state index is 12.7. The van der Waals surface area contributed by atoms with E-state index in [1.807, 2.05) is 0 Å². The second-order valence-corrected chi connectivity index (χ2v) is 4.26. The number of rotatable bonds is 3. The second-order valence-electron chi connectivity index (χ2n) is 4.26. The highest BCUT2D eigenvalue weighted by Crippen LogP contribution is 2.38. The Morgan fingerprint density at radius 1 is 1.09 bits per heavy atom. The molecule has 9 heteroatoms. The molecule has 3 nitrogen and oxygen atoms in total. The fraction of sp³-hybridized carbons (Fsp3) is 0.308. The van der Waals surface area contributed by atoms with E-state index in [1.54, 1.807) is 0 Å². The fourth-order valence-electron chi connectivity index (χ4n) is 1.58. The van der Waals surface area contributed by atoms with Gasteiger partial charge in [0.15, 0.2) is 0 Å². The lowest BCUT2D eigenvalue weighted by atomic mass is 9.97. The van der Waals surface area contributed by atoms with Crippen molar-refractivity contribution in [1.82, 2.24) is 0 Å². The molecule has 1 aromatic rings. The number of methoxy groups -OCH3 is 1. The number of hydrogen-bond donors (Lipinski definition) is 1. The van der Waals surface area contributed by atoms with Gasteiger partial charge in [-0.2, -0.15) is 26.3 Å². The summed E-state index contributed by atoms with van der Waals surface area (Å²) >= 11 is 0. The van der Waals surface area contributed by atoms with Crippen LogP contribution in [-0.4, -0.2) is 18.2 Å². The van der Waals surface area contributed by atoms with Gasteiger partial charge in [-0.3, -0.25) is 0 Å². The van der Waals surface area contributed by atoms with Crippen LogP contribution in [0.3, 0.4) is 0 Å². The largest absolute Gasteiger partial charge is 0.466 e. The van der Waals surface area contributed by atoms with Crippen LogP contribution >= 0.6 is 0 Å². The molecule has 0 amide bonds. The molecule has 0 aliphatic carbocycles. The van der Waals surface area contributed by atoms with Gasteiger partial charge in [0.25, 0.3) is 0 Å².